The molecule has 2 rings (SSSR count). The topological polar surface area (TPSA) is 58.1 Å². The number of piperidine rings is 1. The lowest BCUT2D eigenvalue weighted by atomic mass is 9.93. The van der Waals surface area contributed by atoms with Crippen LogP contribution in [0.4, 0.5) is 5.95 Å². The summed E-state index contributed by atoms with van der Waals surface area (Å²) in [4.78, 5) is 23.1. The quantitative estimate of drug-likeness (QED) is 0.909. The molecule has 1 aliphatic heterocycles. The van der Waals surface area contributed by atoms with Gasteiger partial charge in [0.15, 0.2) is 0 Å². The molecule has 1 aliphatic rings. The van der Waals surface area contributed by atoms with Crippen molar-refractivity contribution < 1.29 is 4.79 Å². The van der Waals surface area contributed by atoms with Gasteiger partial charge in [0, 0.05) is 35.9 Å². The Morgan fingerprint density at radius 3 is 2.19 bits per heavy atom. The van der Waals surface area contributed by atoms with Gasteiger partial charge in [0.25, 0.3) is 0 Å². The van der Waals surface area contributed by atoms with E-state index in [1.165, 1.54) is 0 Å². The molecule has 0 atom stereocenters. The normalized spacial score (nSPS) is 16.9. The van der Waals surface area contributed by atoms with E-state index in [1.54, 1.807) is 0 Å². The molecular formula is C16H26N4O. The lowest BCUT2D eigenvalue weighted by Crippen LogP contribution is -2.46. The van der Waals surface area contributed by atoms with Crippen molar-refractivity contribution in [3.05, 3.63) is 17.5 Å². The maximum atomic E-state index is 12.3. The van der Waals surface area contributed by atoms with E-state index in [-0.39, 0.29) is 11.3 Å². The van der Waals surface area contributed by atoms with Crippen LogP contribution in [0.3, 0.4) is 0 Å². The Morgan fingerprint density at radius 2 is 1.71 bits per heavy atom. The van der Waals surface area contributed by atoms with Gasteiger partial charge in [0.1, 0.15) is 0 Å². The summed E-state index contributed by atoms with van der Waals surface area (Å²) in [5, 5.41) is 3.40. The molecule has 116 valence electrons. The number of amides is 1. The monoisotopic (exact) mass is 290 g/mol. The van der Waals surface area contributed by atoms with Crippen molar-refractivity contribution in [2.45, 2.75) is 53.5 Å². The van der Waals surface area contributed by atoms with E-state index in [0.29, 0.717) is 12.0 Å². The summed E-state index contributed by atoms with van der Waals surface area (Å²) >= 11 is 0. The van der Waals surface area contributed by atoms with Crippen molar-refractivity contribution in [2.75, 3.05) is 18.4 Å². The number of nitrogens with one attached hydrogen (secondary N) is 1. The van der Waals surface area contributed by atoms with Crippen molar-refractivity contribution in [2.24, 2.45) is 5.41 Å². The third-order valence-corrected chi connectivity index (χ3v) is 3.74. The van der Waals surface area contributed by atoms with Crippen LogP contribution in [0.1, 0.15) is 45.0 Å². The number of aromatic nitrogens is 2. The Hall–Kier alpha value is -1.65. The van der Waals surface area contributed by atoms with E-state index in [1.807, 2.05) is 45.6 Å². The first kappa shape index (κ1) is 15.7. The van der Waals surface area contributed by atoms with Crippen LogP contribution in [0.15, 0.2) is 6.07 Å². The average Bonchev–Trinajstić information content (AvgIpc) is 2.36. The van der Waals surface area contributed by atoms with Gasteiger partial charge in [0.05, 0.1) is 0 Å². The summed E-state index contributed by atoms with van der Waals surface area (Å²) in [5.74, 6) is 0.941. The van der Waals surface area contributed by atoms with Crippen LogP contribution in [0, 0.1) is 19.3 Å². The Balaban J connectivity index is 1.91. The van der Waals surface area contributed by atoms with Gasteiger partial charge in [-0.25, -0.2) is 9.97 Å². The molecule has 0 unspecified atom stereocenters. The number of nitrogens with zero attached hydrogens (tertiary/aromatic N) is 3. The second-order valence-electron chi connectivity index (χ2n) is 6.94. The molecule has 0 aromatic carbocycles. The summed E-state index contributed by atoms with van der Waals surface area (Å²) in [6.45, 7) is 11.5. The van der Waals surface area contributed by atoms with Crippen molar-refractivity contribution in [3.63, 3.8) is 0 Å². The molecule has 1 amide bonds. The zero-order valence-corrected chi connectivity index (χ0v) is 13.7. The third-order valence-electron chi connectivity index (χ3n) is 3.74. The Bertz CT molecular complexity index is 493. The van der Waals surface area contributed by atoms with Gasteiger partial charge in [-0.3, -0.25) is 4.79 Å². The summed E-state index contributed by atoms with van der Waals surface area (Å²) in [5.41, 5.74) is 1.66. The largest absolute Gasteiger partial charge is 0.351 e. The highest BCUT2D eigenvalue weighted by molar-refractivity contribution is 5.81. The molecule has 2 heterocycles. The van der Waals surface area contributed by atoms with E-state index in [4.69, 9.17) is 0 Å². The molecule has 1 saturated heterocycles. The maximum Gasteiger partial charge on any atom is 0.227 e. The number of rotatable bonds is 2. The molecule has 21 heavy (non-hydrogen) atoms. The molecule has 1 N–H and O–H groups in total. The number of carbonyl (C=O) groups is 1. The van der Waals surface area contributed by atoms with Crippen LogP contribution in [-0.2, 0) is 4.79 Å². The van der Waals surface area contributed by atoms with E-state index in [0.717, 1.165) is 37.3 Å². The SMILES string of the molecule is Cc1cc(C)nc(NC2CCN(C(=O)C(C)(C)C)CC2)n1. The van der Waals surface area contributed by atoms with Crippen molar-refractivity contribution in [1.82, 2.24) is 14.9 Å². The van der Waals surface area contributed by atoms with E-state index >= 15 is 0 Å². The van der Waals surface area contributed by atoms with Crippen LogP contribution < -0.4 is 5.32 Å². The predicted molar refractivity (Wildman–Crippen MR) is 84.2 cm³/mol. The zero-order chi connectivity index (χ0) is 15.6. The highest BCUT2D eigenvalue weighted by atomic mass is 16.2. The molecule has 1 fully saturated rings. The molecule has 0 saturated carbocycles. The predicted octanol–water partition coefficient (Wildman–Crippen LogP) is 2.54. The smallest absolute Gasteiger partial charge is 0.227 e. The van der Waals surface area contributed by atoms with Crippen LogP contribution in [0.5, 0.6) is 0 Å². The number of likely N-dealkylation sites (tertiary alicyclic amines) is 1. The Labute approximate surface area is 127 Å². The van der Waals surface area contributed by atoms with Crippen molar-refractivity contribution in [3.8, 4) is 0 Å². The fraction of sp³-hybridized carbons (Fsp3) is 0.688. The Kier molecular flexibility index (Phi) is 4.49. The third kappa shape index (κ3) is 4.16. The lowest BCUT2D eigenvalue weighted by molar-refractivity contribution is -0.140. The molecule has 1 aromatic heterocycles. The molecule has 0 spiro atoms. The van der Waals surface area contributed by atoms with Crippen molar-refractivity contribution in [1.29, 1.82) is 0 Å². The van der Waals surface area contributed by atoms with Crippen LogP contribution in [0.2, 0.25) is 0 Å². The molecule has 0 bridgehead atoms. The fourth-order valence-corrected chi connectivity index (χ4v) is 2.67. The summed E-state index contributed by atoms with van der Waals surface area (Å²) in [6.07, 6.45) is 1.89. The van der Waals surface area contributed by atoms with Crippen LogP contribution in [-0.4, -0.2) is 39.9 Å². The molecule has 1 aromatic rings. The number of hydrogen-bond acceptors (Lipinski definition) is 4. The maximum absolute atomic E-state index is 12.3. The first-order chi connectivity index (χ1) is 9.75. The van der Waals surface area contributed by atoms with E-state index < -0.39 is 0 Å². The van der Waals surface area contributed by atoms with Crippen molar-refractivity contribution >= 4 is 11.9 Å². The summed E-state index contributed by atoms with van der Waals surface area (Å²) in [6, 6.07) is 2.31. The van der Waals surface area contributed by atoms with Gasteiger partial charge < -0.3 is 10.2 Å². The van der Waals surface area contributed by atoms with Gasteiger partial charge in [-0.1, -0.05) is 20.8 Å². The summed E-state index contributed by atoms with van der Waals surface area (Å²) < 4.78 is 0. The van der Waals surface area contributed by atoms with Gasteiger partial charge in [-0.05, 0) is 32.8 Å². The first-order valence-corrected chi connectivity index (χ1v) is 7.64. The van der Waals surface area contributed by atoms with Crippen LogP contribution >= 0.6 is 0 Å². The number of anilines is 1. The van der Waals surface area contributed by atoms with Gasteiger partial charge >= 0.3 is 0 Å². The minimum absolute atomic E-state index is 0.239. The Morgan fingerprint density at radius 1 is 1.19 bits per heavy atom. The highest BCUT2D eigenvalue weighted by Gasteiger charge is 2.30. The van der Waals surface area contributed by atoms with Gasteiger partial charge in [-0.15, -0.1) is 0 Å². The minimum Gasteiger partial charge on any atom is -0.351 e. The van der Waals surface area contributed by atoms with E-state index in [9.17, 15) is 4.79 Å². The van der Waals surface area contributed by atoms with E-state index in [2.05, 4.69) is 15.3 Å². The molecule has 5 heteroatoms. The zero-order valence-electron chi connectivity index (χ0n) is 13.7. The van der Waals surface area contributed by atoms with Gasteiger partial charge in [-0.2, -0.15) is 0 Å². The second kappa shape index (κ2) is 6.00. The number of hydrogen-bond donors (Lipinski definition) is 1. The number of aryl methyl sites for hydroxylation is 2. The minimum atomic E-state index is -0.295. The van der Waals surface area contributed by atoms with Gasteiger partial charge in [0.2, 0.25) is 11.9 Å². The lowest BCUT2D eigenvalue weighted by Gasteiger charge is -2.36. The average molecular weight is 290 g/mol. The fourth-order valence-electron chi connectivity index (χ4n) is 2.67. The standard InChI is InChI=1S/C16H26N4O/c1-11-10-12(2)18-15(17-11)19-13-6-8-20(9-7-13)14(21)16(3,4)5/h10,13H,6-9H2,1-5H3,(H,17,18,19). The first-order valence-electron chi connectivity index (χ1n) is 7.64. The molecule has 0 radical (unpaired) electrons. The number of carbonyl (C=O) groups excluding carboxylic acids is 1. The summed E-state index contributed by atoms with van der Waals surface area (Å²) in [7, 11) is 0. The van der Waals surface area contributed by atoms with Crippen LogP contribution in [0.25, 0.3) is 0 Å². The molecular weight excluding hydrogens is 264 g/mol. The highest BCUT2D eigenvalue weighted by Crippen LogP contribution is 2.22. The molecule has 5 nitrogen and oxygen atoms in total. The molecule has 0 aliphatic carbocycles. The second-order valence-corrected chi connectivity index (χ2v) is 6.94.